The van der Waals surface area contributed by atoms with Crippen molar-refractivity contribution in [3.05, 3.63) is 28.8 Å². The molecule has 0 aliphatic rings. The molecule has 0 saturated carbocycles. The molecule has 0 aliphatic heterocycles. The third-order valence-corrected chi connectivity index (χ3v) is 2.94. The minimum Gasteiger partial charge on any atom is -0.373 e. The summed E-state index contributed by atoms with van der Waals surface area (Å²) < 4.78 is 0. The number of anilines is 1. The highest BCUT2D eigenvalue weighted by Crippen LogP contribution is 2.23. The first-order valence-corrected chi connectivity index (χ1v) is 6.21. The molecule has 4 heteroatoms. The van der Waals surface area contributed by atoms with E-state index in [2.05, 4.69) is 42.3 Å². The van der Waals surface area contributed by atoms with Crippen LogP contribution in [0.4, 0.5) is 5.69 Å². The van der Waals surface area contributed by atoms with Gasteiger partial charge in [0.05, 0.1) is 0 Å². The van der Waals surface area contributed by atoms with Gasteiger partial charge in [0.25, 0.3) is 0 Å². The topological polar surface area (TPSA) is 18.5 Å². The Morgan fingerprint density at radius 2 is 1.88 bits per heavy atom. The van der Waals surface area contributed by atoms with Gasteiger partial charge in [-0.3, -0.25) is 0 Å². The van der Waals surface area contributed by atoms with Gasteiger partial charge in [0.2, 0.25) is 0 Å². The van der Waals surface area contributed by atoms with Gasteiger partial charge in [0.1, 0.15) is 0 Å². The zero-order valence-corrected chi connectivity index (χ0v) is 11.9. The van der Waals surface area contributed by atoms with Crippen molar-refractivity contribution in [2.75, 3.05) is 46.2 Å². The number of benzene rings is 1. The zero-order chi connectivity index (χ0) is 12.8. The molecule has 17 heavy (non-hydrogen) atoms. The Morgan fingerprint density at radius 3 is 2.47 bits per heavy atom. The van der Waals surface area contributed by atoms with E-state index in [0.717, 1.165) is 24.7 Å². The highest BCUT2D eigenvalue weighted by atomic mass is 35.5. The Morgan fingerprint density at radius 1 is 1.18 bits per heavy atom. The molecule has 0 radical (unpaired) electrons. The van der Waals surface area contributed by atoms with Crippen LogP contribution in [-0.2, 0) is 6.54 Å². The van der Waals surface area contributed by atoms with Crippen molar-refractivity contribution in [1.82, 2.24) is 10.2 Å². The van der Waals surface area contributed by atoms with Gasteiger partial charge in [0.15, 0.2) is 0 Å². The van der Waals surface area contributed by atoms with Crippen molar-refractivity contribution >= 4 is 17.3 Å². The van der Waals surface area contributed by atoms with E-state index in [1.54, 1.807) is 0 Å². The van der Waals surface area contributed by atoms with Crippen LogP contribution in [-0.4, -0.2) is 46.2 Å². The molecule has 0 unspecified atom stereocenters. The fourth-order valence-electron chi connectivity index (χ4n) is 1.73. The molecule has 0 atom stereocenters. The maximum atomic E-state index is 6.03. The molecule has 96 valence electrons. The Kier molecular flexibility index (Phi) is 5.75. The summed E-state index contributed by atoms with van der Waals surface area (Å²) in [4.78, 5) is 4.45. The predicted molar refractivity (Wildman–Crippen MR) is 76.0 cm³/mol. The molecule has 1 aromatic rings. The van der Waals surface area contributed by atoms with E-state index in [4.69, 9.17) is 11.6 Å². The molecule has 1 N–H and O–H groups in total. The molecular formula is C13H22ClN3. The second kappa shape index (κ2) is 6.84. The molecule has 1 rings (SSSR count). The van der Waals surface area contributed by atoms with Crippen molar-refractivity contribution in [3.63, 3.8) is 0 Å². The van der Waals surface area contributed by atoms with Crippen molar-refractivity contribution in [1.29, 1.82) is 0 Å². The minimum atomic E-state index is 0.792. The van der Waals surface area contributed by atoms with Crippen LogP contribution in [0.2, 0.25) is 5.02 Å². The van der Waals surface area contributed by atoms with E-state index in [1.165, 1.54) is 11.3 Å². The third kappa shape index (κ3) is 4.54. The van der Waals surface area contributed by atoms with Gasteiger partial charge >= 0.3 is 0 Å². The van der Waals surface area contributed by atoms with Crippen LogP contribution >= 0.6 is 11.6 Å². The SMILES string of the molecule is CNCc1cc(Cl)ccc1N(C)CCN(C)C. The first-order valence-electron chi connectivity index (χ1n) is 5.83. The summed E-state index contributed by atoms with van der Waals surface area (Å²) in [6.07, 6.45) is 0. The Hall–Kier alpha value is -0.770. The average molecular weight is 256 g/mol. The first kappa shape index (κ1) is 14.3. The minimum absolute atomic E-state index is 0.792. The van der Waals surface area contributed by atoms with E-state index in [-0.39, 0.29) is 0 Å². The Labute approximate surface area is 109 Å². The predicted octanol–water partition coefficient (Wildman–Crippen LogP) is 2.06. The average Bonchev–Trinajstić information content (AvgIpc) is 2.26. The normalized spacial score (nSPS) is 10.9. The number of hydrogen-bond acceptors (Lipinski definition) is 3. The van der Waals surface area contributed by atoms with Crippen LogP contribution in [0.1, 0.15) is 5.56 Å². The summed E-state index contributed by atoms with van der Waals surface area (Å²) in [7, 11) is 8.24. The molecule has 0 aromatic heterocycles. The van der Waals surface area contributed by atoms with Crippen LogP contribution < -0.4 is 10.2 Å². The highest BCUT2D eigenvalue weighted by molar-refractivity contribution is 6.30. The summed E-state index contributed by atoms with van der Waals surface area (Å²) in [6.45, 7) is 2.88. The lowest BCUT2D eigenvalue weighted by Crippen LogP contribution is -2.29. The van der Waals surface area contributed by atoms with E-state index >= 15 is 0 Å². The number of halogens is 1. The molecular weight excluding hydrogens is 234 g/mol. The van der Waals surface area contributed by atoms with E-state index in [0.29, 0.717) is 0 Å². The van der Waals surface area contributed by atoms with E-state index < -0.39 is 0 Å². The lowest BCUT2D eigenvalue weighted by atomic mass is 10.1. The number of rotatable bonds is 6. The summed E-state index contributed by atoms with van der Waals surface area (Å²) in [6, 6.07) is 6.06. The Balaban J connectivity index is 2.80. The second-order valence-electron chi connectivity index (χ2n) is 4.53. The highest BCUT2D eigenvalue weighted by Gasteiger charge is 2.07. The van der Waals surface area contributed by atoms with Gasteiger partial charge in [-0.2, -0.15) is 0 Å². The lowest BCUT2D eigenvalue weighted by molar-refractivity contribution is 0.416. The van der Waals surface area contributed by atoms with Crippen molar-refractivity contribution in [2.24, 2.45) is 0 Å². The molecule has 0 heterocycles. The lowest BCUT2D eigenvalue weighted by Gasteiger charge is -2.24. The maximum Gasteiger partial charge on any atom is 0.0410 e. The molecule has 0 spiro atoms. The molecule has 1 aromatic carbocycles. The van der Waals surface area contributed by atoms with Gasteiger partial charge in [0, 0.05) is 37.4 Å². The van der Waals surface area contributed by atoms with Crippen molar-refractivity contribution in [3.8, 4) is 0 Å². The summed E-state index contributed by atoms with van der Waals surface area (Å²) in [5, 5.41) is 3.97. The molecule has 0 fully saturated rings. The maximum absolute atomic E-state index is 6.03. The monoisotopic (exact) mass is 255 g/mol. The standard InChI is InChI=1S/C13H22ClN3/c1-15-10-11-9-12(14)5-6-13(11)17(4)8-7-16(2)3/h5-6,9,15H,7-8,10H2,1-4H3. The van der Waals surface area contributed by atoms with E-state index in [9.17, 15) is 0 Å². The molecule has 3 nitrogen and oxygen atoms in total. The fourth-order valence-corrected chi connectivity index (χ4v) is 1.92. The second-order valence-corrected chi connectivity index (χ2v) is 4.96. The zero-order valence-electron chi connectivity index (χ0n) is 11.1. The van der Waals surface area contributed by atoms with Crippen molar-refractivity contribution in [2.45, 2.75) is 6.54 Å². The molecule has 0 bridgehead atoms. The fraction of sp³-hybridized carbons (Fsp3) is 0.538. The van der Waals surface area contributed by atoms with Crippen LogP contribution in [0.15, 0.2) is 18.2 Å². The summed E-state index contributed by atoms with van der Waals surface area (Å²) in [5.41, 5.74) is 2.48. The van der Waals surface area contributed by atoms with Crippen LogP contribution in [0.25, 0.3) is 0 Å². The number of hydrogen-bond donors (Lipinski definition) is 1. The van der Waals surface area contributed by atoms with Crippen LogP contribution in [0.5, 0.6) is 0 Å². The summed E-state index contributed by atoms with van der Waals surface area (Å²) >= 11 is 6.03. The first-order chi connectivity index (χ1) is 8.04. The van der Waals surface area contributed by atoms with Gasteiger partial charge in [-0.25, -0.2) is 0 Å². The molecule has 0 amide bonds. The van der Waals surface area contributed by atoms with E-state index in [1.807, 2.05) is 19.2 Å². The van der Waals surface area contributed by atoms with Gasteiger partial charge in [-0.15, -0.1) is 0 Å². The van der Waals surface area contributed by atoms with Gasteiger partial charge in [-0.1, -0.05) is 11.6 Å². The molecule has 0 aliphatic carbocycles. The molecule has 0 saturated heterocycles. The van der Waals surface area contributed by atoms with Crippen molar-refractivity contribution < 1.29 is 0 Å². The van der Waals surface area contributed by atoms with Gasteiger partial charge < -0.3 is 15.1 Å². The van der Waals surface area contributed by atoms with Gasteiger partial charge in [-0.05, 0) is 44.9 Å². The number of nitrogens with zero attached hydrogens (tertiary/aromatic N) is 2. The smallest absolute Gasteiger partial charge is 0.0410 e. The third-order valence-electron chi connectivity index (χ3n) is 2.70. The van der Waals surface area contributed by atoms with Crippen LogP contribution in [0.3, 0.4) is 0 Å². The van der Waals surface area contributed by atoms with Crippen LogP contribution in [0, 0.1) is 0 Å². The largest absolute Gasteiger partial charge is 0.373 e. The number of likely N-dealkylation sites (N-methyl/N-ethyl adjacent to an activating group) is 2. The number of nitrogens with one attached hydrogen (secondary N) is 1. The quantitative estimate of drug-likeness (QED) is 0.840. The Bertz CT molecular complexity index is 353. The summed E-state index contributed by atoms with van der Waals surface area (Å²) in [5.74, 6) is 0.